The monoisotopic (exact) mass is 373 g/mol. The number of likely N-dealkylation sites (N-methyl/N-ethyl adjacent to an activating group) is 1. The van der Waals surface area contributed by atoms with Gasteiger partial charge >= 0.3 is 0 Å². The average molecular weight is 373 g/mol. The molecule has 1 saturated carbocycles. The summed E-state index contributed by atoms with van der Waals surface area (Å²) in [6, 6.07) is 0.951. The Balaban J connectivity index is 1.62. The SMILES string of the molecule is COc1nc(OCC2CC2(F)F)c(F)cc1CNC(=O)C1CCCN1C. The second-order valence-electron chi connectivity index (χ2n) is 6.77. The molecule has 1 N–H and O–H groups in total. The van der Waals surface area contributed by atoms with Crippen LogP contribution in [-0.4, -0.2) is 55.1 Å². The molecule has 144 valence electrons. The molecular weight excluding hydrogens is 351 g/mol. The summed E-state index contributed by atoms with van der Waals surface area (Å²) in [5.41, 5.74) is 0.350. The van der Waals surface area contributed by atoms with Crippen molar-refractivity contribution in [1.82, 2.24) is 15.2 Å². The molecule has 1 aliphatic carbocycles. The van der Waals surface area contributed by atoms with E-state index in [1.54, 1.807) is 0 Å². The molecule has 3 rings (SSSR count). The molecular formula is C17H22F3N3O3. The molecule has 0 aromatic carbocycles. The lowest BCUT2D eigenvalue weighted by atomic mass is 10.2. The number of methoxy groups -OCH3 is 1. The van der Waals surface area contributed by atoms with Crippen LogP contribution in [0.4, 0.5) is 13.2 Å². The molecule has 0 spiro atoms. The number of amides is 1. The van der Waals surface area contributed by atoms with Crippen LogP contribution in [0.2, 0.25) is 0 Å². The minimum atomic E-state index is -2.74. The summed E-state index contributed by atoms with van der Waals surface area (Å²) < 4.78 is 50.1. The van der Waals surface area contributed by atoms with Gasteiger partial charge in [-0.3, -0.25) is 9.69 Å². The molecule has 1 amide bonds. The van der Waals surface area contributed by atoms with Crippen LogP contribution in [0.5, 0.6) is 11.8 Å². The maximum absolute atomic E-state index is 14.2. The van der Waals surface area contributed by atoms with Crippen LogP contribution >= 0.6 is 0 Å². The predicted molar refractivity (Wildman–Crippen MR) is 86.8 cm³/mol. The van der Waals surface area contributed by atoms with Crippen molar-refractivity contribution in [3.8, 4) is 11.8 Å². The van der Waals surface area contributed by atoms with Gasteiger partial charge in [0.15, 0.2) is 5.82 Å². The van der Waals surface area contributed by atoms with Gasteiger partial charge in [-0.15, -0.1) is 0 Å². The van der Waals surface area contributed by atoms with Gasteiger partial charge in [0, 0.05) is 18.5 Å². The lowest BCUT2D eigenvalue weighted by molar-refractivity contribution is -0.125. The zero-order valence-corrected chi connectivity index (χ0v) is 14.7. The lowest BCUT2D eigenvalue weighted by Crippen LogP contribution is -2.41. The van der Waals surface area contributed by atoms with Gasteiger partial charge in [0.1, 0.15) is 0 Å². The number of carbonyl (C=O) groups excluding carboxylic acids is 1. The van der Waals surface area contributed by atoms with Crippen LogP contribution in [0.1, 0.15) is 24.8 Å². The smallest absolute Gasteiger partial charge is 0.255 e. The Morgan fingerprint density at radius 1 is 1.46 bits per heavy atom. The molecule has 2 unspecified atom stereocenters. The highest BCUT2D eigenvalue weighted by molar-refractivity contribution is 5.82. The number of carbonyl (C=O) groups is 1. The van der Waals surface area contributed by atoms with E-state index in [-0.39, 0.29) is 43.3 Å². The van der Waals surface area contributed by atoms with E-state index in [0.717, 1.165) is 25.5 Å². The molecule has 9 heteroatoms. The quantitative estimate of drug-likeness (QED) is 0.792. The highest BCUT2D eigenvalue weighted by atomic mass is 19.3. The first-order chi connectivity index (χ1) is 12.3. The molecule has 26 heavy (non-hydrogen) atoms. The molecule has 2 heterocycles. The molecule has 1 saturated heterocycles. The highest BCUT2D eigenvalue weighted by Gasteiger charge is 2.57. The van der Waals surface area contributed by atoms with E-state index < -0.39 is 17.7 Å². The van der Waals surface area contributed by atoms with Crippen LogP contribution in [0, 0.1) is 11.7 Å². The van der Waals surface area contributed by atoms with E-state index in [1.165, 1.54) is 7.11 Å². The summed E-state index contributed by atoms with van der Waals surface area (Å²) in [4.78, 5) is 18.1. The summed E-state index contributed by atoms with van der Waals surface area (Å²) in [5, 5.41) is 2.76. The van der Waals surface area contributed by atoms with Crippen molar-refractivity contribution in [2.75, 3.05) is 27.3 Å². The fourth-order valence-electron chi connectivity index (χ4n) is 3.07. The molecule has 2 fully saturated rings. The minimum Gasteiger partial charge on any atom is -0.481 e. The summed E-state index contributed by atoms with van der Waals surface area (Å²) in [7, 11) is 3.24. The fourth-order valence-corrected chi connectivity index (χ4v) is 3.07. The number of hydrogen-bond donors (Lipinski definition) is 1. The Labute approximate surface area is 149 Å². The van der Waals surface area contributed by atoms with Crippen molar-refractivity contribution in [2.45, 2.75) is 37.8 Å². The number of likely N-dealkylation sites (tertiary alicyclic amines) is 1. The number of halogens is 3. The number of hydrogen-bond acceptors (Lipinski definition) is 5. The number of ether oxygens (including phenoxy) is 2. The second kappa shape index (κ2) is 7.30. The first-order valence-corrected chi connectivity index (χ1v) is 8.54. The number of alkyl halides is 2. The van der Waals surface area contributed by atoms with E-state index in [2.05, 4.69) is 10.3 Å². The molecule has 1 aromatic rings. The van der Waals surface area contributed by atoms with Crippen molar-refractivity contribution < 1.29 is 27.4 Å². The number of pyridine rings is 1. The molecule has 6 nitrogen and oxygen atoms in total. The van der Waals surface area contributed by atoms with Gasteiger partial charge in [-0.25, -0.2) is 13.2 Å². The zero-order chi connectivity index (χ0) is 18.9. The minimum absolute atomic E-state index is 0.0528. The molecule has 1 aromatic heterocycles. The number of nitrogens with zero attached hydrogens (tertiary/aromatic N) is 2. The molecule has 2 atom stereocenters. The van der Waals surface area contributed by atoms with E-state index in [4.69, 9.17) is 9.47 Å². The van der Waals surface area contributed by atoms with Crippen LogP contribution in [-0.2, 0) is 11.3 Å². The van der Waals surface area contributed by atoms with Crippen molar-refractivity contribution >= 4 is 5.91 Å². The molecule has 1 aliphatic heterocycles. The second-order valence-corrected chi connectivity index (χ2v) is 6.77. The lowest BCUT2D eigenvalue weighted by Gasteiger charge is -2.19. The Kier molecular flexibility index (Phi) is 5.27. The van der Waals surface area contributed by atoms with Crippen molar-refractivity contribution in [1.29, 1.82) is 0 Å². The van der Waals surface area contributed by atoms with E-state index in [9.17, 15) is 18.0 Å². The Morgan fingerprint density at radius 3 is 2.77 bits per heavy atom. The van der Waals surface area contributed by atoms with Gasteiger partial charge < -0.3 is 14.8 Å². The fraction of sp³-hybridized carbons (Fsp3) is 0.647. The number of rotatable bonds is 7. The Hall–Kier alpha value is -2.03. The molecule has 0 bridgehead atoms. The van der Waals surface area contributed by atoms with Crippen LogP contribution < -0.4 is 14.8 Å². The third kappa shape index (κ3) is 4.03. The van der Waals surface area contributed by atoms with Gasteiger partial charge in [0.2, 0.25) is 11.8 Å². The Bertz CT molecular complexity index is 687. The van der Waals surface area contributed by atoms with Crippen molar-refractivity contribution in [3.63, 3.8) is 0 Å². The first kappa shape index (κ1) is 18.8. The van der Waals surface area contributed by atoms with Crippen LogP contribution in [0.15, 0.2) is 6.07 Å². The summed E-state index contributed by atoms with van der Waals surface area (Å²) in [6.45, 7) is 0.616. The normalized spacial score (nSPS) is 24.3. The van der Waals surface area contributed by atoms with Crippen LogP contribution in [0.25, 0.3) is 0 Å². The topological polar surface area (TPSA) is 63.7 Å². The van der Waals surface area contributed by atoms with Gasteiger partial charge in [0.25, 0.3) is 11.8 Å². The summed E-state index contributed by atoms with van der Waals surface area (Å²) in [5.74, 6) is -4.85. The summed E-state index contributed by atoms with van der Waals surface area (Å²) >= 11 is 0. The number of aromatic nitrogens is 1. The zero-order valence-electron chi connectivity index (χ0n) is 14.7. The van der Waals surface area contributed by atoms with Crippen molar-refractivity contribution in [2.24, 2.45) is 5.92 Å². The van der Waals surface area contributed by atoms with E-state index in [0.29, 0.717) is 5.56 Å². The predicted octanol–water partition coefficient (Wildman–Crippen LogP) is 1.97. The summed E-state index contributed by atoms with van der Waals surface area (Å²) in [6.07, 6.45) is 1.48. The van der Waals surface area contributed by atoms with E-state index in [1.807, 2.05) is 11.9 Å². The van der Waals surface area contributed by atoms with Gasteiger partial charge in [0.05, 0.1) is 25.7 Å². The van der Waals surface area contributed by atoms with Crippen LogP contribution in [0.3, 0.4) is 0 Å². The third-order valence-corrected chi connectivity index (χ3v) is 4.83. The Morgan fingerprint density at radius 2 is 2.19 bits per heavy atom. The maximum atomic E-state index is 14.2. The standard InChI is InChI=1S/C17H22F3N3O3/c1-23-5-3-4-13(23)14(24)21-8-10-6-12(18)16(22-15(10)25-2)26-9-11-7-17(11,19)20/h6,11,13H,3-5,7-9H2,1-2H3,(H,21,24). The molecule has 2 aliphatic rings. The highest BCUT2D eigenvalue weighted by Crippen LogP contribution is 2.48. The van der Waals surface area contributed by atoms with Crippen molar-refractivity contribution in [3.05, 3.63) is 17.4 Å². The van der Waals surface area contributed by atoms with E-state index >= 15 is 0 Å². The maximum Gasteiger partial charge on any atom is 0.255 e. The average Bonchev–Trinajstić information content (AvgIpc) is 2.99. The number of nitrogens with one attached hydrogen (secondary N) is 1. The molecule has 0 radical (unpaired) electrons. The third-order valence-electron chi connectivity index (χ3n) is 4.83. The van der Waals surface area contributed by atoms with Gasteiger partial charge in [-0.1, -0.05) is 0 Å². The van der Waals surface area contributed by atoms with Gasteiger partial charge in [-0.05, 0) is 32.5 Å². The first-order valence-electron chi connectivity index (χ1n) is 8.54. The van der Waals surface area contributed by atoms with Gasteiger partial charge in [-0.2, -0.15) is 4.98 Å². The largest absolute Gasteiger partial charge is 0.481 e.